The van der Waals surface area contributed by atoms with E-state index in [0.717, 1.165) is 11.1 Å². The third-order valence-electron chi connectivity index (χ3n) is 3.80. The lowest BCUT2D eigenvalue weighted by Gasteiger charge is -2.09. The molecule has 8 nitrogen and oxygen atoms in total. The predicted octanol–water partition coefficient (Wildman–Crippen LogP) is 0.963. The Balaban J connectivity index is 2.06. The van der Waals surface area contributed by atoms with E-state index in [0.29, 0.717) is 5.39 Å². The Bertz CT molecular complexity index is 1070. The van der Waals surface area contributed by atoms with Gasteiger partial charge in [0.2, 0.25) is 5.91 Å². The summed E-state index contributed by atoms with van der Waals surface area (Å²) in [5, 5.41) is 12.0. The lowest BCUT2D eigenvalue weighted by atomic mass is 10.0. The van der Waals surface area contributed by atoms with Gasteiger partial charge in [0.15, 0.2) is 0 Å². The molecule has 6 N–H and O–H groups in total. The SMILES string of the molecule is NC(=O)CNC(=O)c1c(N)c2ccc(-c3ccc(O)cc3)cc2oc1=O. The van der Waals surface area contributed by atoms with Gasteiger partial charge >= 0.3 is 5.63 Å². The average molecular weight is 353 g/mol. The monoisotopic (exact) mass is 353 g/mol. The van der Waals surface area contributed by atoms with E-state index in [1.165, 1.54) is 12.1 Å². The third-order valence-corrected chi connectivity index (χ3v) is 3.80. The Morgan fingerprint density at radius 1 is 1.08 bits per heavy atom. The van der Waals surface area contributed by atoms with Crippen LogP contribution < -0.4 is 22.4 Å². The number of hydrogen-bond donors (Lipinski definition) is 4. The zero-order valence-electron chi connectivity index (χ0n) is 13.5. The van der Waals surface area contributed by atoms with E-state index >= 15 is 0 Å². The van der Waals surface area contributed by atoms with Crippen LogP contribution in [0.3, 0.4) is 0 Å². The summed E-state index contributed by atoms with van der Waals surface area (Å²) in [6, 6.07) is 11.5. The van der Waals surface area contributed by atoms with Crippen LogP contribution in [0.2, 0.25) is 0 Å². The molecule has 8 heteroatoms. The molecule has 0 bridgehead atoms. The van der Waals surface area contributed by atoms with Gasteiger partial charge in [-0.1, -0.05) is 18.2 Å². The van der Waals surface area contributed by atoms with E-state index < -0.39 is 24.0 Å². The molecule has 2 amide bonds. The minimum Gasteiger partial charge on any atom is -0.508 e. The number of aromatic hydroxyl groups is 1. The number of phenolic OH excluding ortho intramolecular Hbond substituents is 1. The molecule has 0 fully saturated rings. The molecule has 26 heavy (non-hydrogen) atoms. The van der Waals surface area contributed by atoms with Gasteiger partial charge in [-0.05, 0) is 35.4 Å². The first-order valence-electron chi connectivity index (χ1n) is 7.59. The van der Waals surface area contributed by atoms with Gasteiger partial charge in [-0.3, -0.25) is 9.59 Å². The molecule has 0 aliphatic carbocycles. The maximum atomic E-state index is 12.2. The number of benzene rings is 2. The number of amides is 2. The molecule has 1 heterocycles. The van der Waals surface area contributed by atoms with Crippen LogP contribution in [0.1, 0.15) is 10.4 Å². The Morgan fingerprint density at radius 2 is 1.73 bits per heavy atom. The van der Waals surface area contributed by atoms with Crippen molar-refractivity contribution in [2.75, 3.05) is 12.3 Å². The molecular formula is C18H15N3O5. The number of nitrogen functional groups attached to an aromatic ring is 1. The van der Waals surface area contributed by atoms with Gasteiger partial charge in [-0.25, -0.2) is 4.79 Å². The van der Waals surface area contributed by atoms with Crippen molar-refractivity contribution in [2.45, 2.75) is 0 Å². The smallest absolute Gasteiger partial charge is 0.351 e. The fourth-order valence-electron chi connectivity index (χ4n) is 2.53. The van der Waals surface area contributed by atoms with Crippen molar-refractivity contribution in [3.8, 4) is 16.9 Å². The van der Waals surface area contributed by atoms with E-state index in [1.54, 1.807) is 30.3 Å². The second-order valence-electron chi connectivity index (χ2n) is 5.58. The Kier molecular flexibility index (Phi) is 4.32. The third kappa shape index (κ3) is 3.20. The summed E-state index contributed by atoms with van der Waals surface area (Å²) in [6.45, 7) is -0.421. The van der Waals surface area contributed by atoms with Gasteiger partial charge < -0.3 is 26.3 Å². The molecule has 132 valence electrons. The van der Waals surface area contributed by atoms with Crippen LogP contribution in [0.5, 0.6) is 5.75 Å². The standard InChI is InChI=1S/C18H15N3O5/c19-14(23)8-21-17(24)15-16(20)12-6-3-10(7-13(12)26-18(15)25)9-1-4-11(22)5-2-9/h1-7,22H,8,20H2,(H2,19,23)(H,21,24). The number of fused-ring (bicyclic) bond motifs is 1. The van der Waals surface area contributed by atoms with Crippen molar-refractivity contribution in [3.05, 3.63) is 58.4 Å². The van der Waals surface area contributed by atoms with Gasteiger partial charge in [-0.2, -0.15) is 0 Å². The van der Waals surface area contributed by atoms with E-state index in [2.05, 4.69) is 5.32 Å². The molecule has 1 aromatic heterocycles. The summed E-state index contributed by atoms with van der Waals surface area (Å²) in [5.74, 6) is -1.45. The molecule has 2 aromatic carbocycles. The Hall–Kier alpha value is -3.81. The summed E-state index contributed by atoms with van der Waals surface area (Å²) >= 11 is 0. The minimum atomic E-state index is -0.917. The highest BCUT2D eigenvalue weighted by atomic mass is 16.4. The highest BCUT2D eigenvalue weighted by molar-refractivity contribution is 6.06. The average Bonchev–Trinajstić information content (AvgIpc) is 2.60. The maximum Gasteiger partial charge on any atom is 0.351 e. The molecular weight excluding hydrogens is 338 g/mol. The van der Waals surface area contributed by atoms with Crippen LogP contribution in [0.25, 0.3) is 22.1 Å². The number of rotatable bonds is 4. The number of primary amides is 1. The molecule has 0 aliphatic heterocycles. The van der Waals surface area contributed by atoms with Crippen LogP contribution in [-0.2, 0) is 4.79 Å². The predicted molar refractivity (Wildman–Crippen MR) is 95.5 cm³/mol. The number of phenols is 1. The van der Waals surface area contributed by atoms with Crippen molar-refractivity contribution in [1.29, 1.82) is 0 Å². The van der Waals surface area contributed by atoms with Crippen LogP contribution in [-0.4, -0.2) is 23.5 Å². The van der Waals surface area contributed by atoms with Crippen molar-refractivity contribution in [1.82, 2.24) is 5.32 Å². The van der Waals surface area contributed by atoms with Gasteiger partial charge in [0.05, 0.1) is 12.2 Å². The summed E-state index contributed by atoms with van der Waals surface area (Å²) in [4.78, 5) is 35.0. The molecule has 0 saturated carbocycles. The number of hydrogen-bond acceptors (Lipinski definition) is 6. The molecule has 3 rings (SSSR count). The topological polar surface area (TPSA) is 149 Å². The summed E-state index contributed by atoms with van der Waals surface area (Å²) in [5.41, 5.74) is 11.3. The molecule has 0 spiro atoms. The number of nitrogens with two attached hydrogens (primary N) is 2. The zero-order valence-corrected chi connectivity index (χ0v) is 13.5. The summed E-state index contributed by atoms with van der Waals surface area (Å²) < 4.78 is 5.23. The van der Waals surface area contributed by atoms with Gasteiger partial charge in [0.1, 0.15) is 16.9 Å². The van der Waals surface area contributed by atoms with Crippen molar-refractivity contribution < 1.29 is 19.1 Å². The lowest BCUT2D eigenvalue weighted by molar-refractivity contribution is -0.117. The molecule has 0 saturated heterocycles. The van der Waals surface area contributed by atoms with E-state index in [1.807, 2.05) is 0 Å². The van der Waals surface area contributed by atoms with Gasteiger partial charge in [-0.15, -0.1) is 0 Å². The fourth-order valence-corrected chi connectivity index (χ4v) is 2.53. The second kappa shape index (κ2) is 6.60. The highest BCUT2D eigenvalue weighted by Gasteiger charge is 2.20. The van der Waals surface area contributed by atoms with Crippen LogP contribution in [0, 0.1) is 0 Å². The van der Waals surface area contributed by atoms with Crippen molar-refractivity contribution >= 4 is 28.5 Å². The fraction of sp³-hybridized carbons (Fsp3) is 0.0556. The number of carbonyl (C=O) groups is 2. The normalized spacial score (nSPS) is 10.6. The lowest BCUT2D eigenvalue weighted by Crippen LogP contribution is -2.36. The zero-order chi connectivity index (χ0) is 18.8. The molecule has 0 unspecified atom stereocenters. The summed E-state index contributed by atoms with van der Waals surface area (Å²) in [7, 11) is 0. The van der Waals surface area contributed by atoms with E-state index in [4.69, 9.17) is 15.9 Å². The first-order chi connectivity index (χ1) is 12.4. The van der Waals surface area contributed by atoms with Crippen LogP contribution in [0.4, 0.5) is 5.69 Å². The quantitative estimate of drug-likeness (QED) is 0.513. The van der Waals surface area contributed by atoms with Crippen LogP contribution >= 0.6 is 0 Å². The first kappa shape index (κ1) is 17.0. The largest absolute Gasteiger partial charge is 0.508 e. The molecule has 3 aromatic rings. The number of carbonyl (C=O) groups excluding carboxylic acids is 2. The van der Waals surface area contributed by atoms with Crippen molar-refractivity contribution in [2.24, 2.45) is 5.73 Å². The minimum absolute atomic E-state index is 0.0459. The van der Waals surface area contributed by atoms with E-state index in [9.17, 15) is 19.5 Å². The molecule has 0 atom stereocenters. The highest BCUT2D eigenvalue weighted by Crippen LogP contribution is 2.28. The first-order valence-corrected chi connectivity index (χ1v) is 7.59. The van der Waals surface area contributed by atoms with Gasteiger partial charge in [0, 0.05) is 5.39 Å². The molecule has 0 radical (unpaired) electrons. The molecule has 0 aliphatic rings. The maximum absolute atomic E-state index is 12.2. The van der Waals surface area contributed by atoms with Gasteiger partial charge in [0.25, 0.3) is 5.91 Å². The second-order valence-corrected chi connectivity index (χ2v) is 5.58. The van der Waals surface area contributed by atoms with E-state index in [-0.39, 0.29) is 22.6 Å². The van der Waals surface area contributed by atoms with Crippen LogP contribution in [0.15, 0.2) is 51.7 Å². The Labute approximate surface area is 147 Å². The number of nitrogens with one attached hydrogen (secondary N) is 1. The van der Waals surface area contributed by atoms with Crippen molar-refractivity contribution in [3.63, 3.8) is 0 Å². The Morgan fingerprint density at radius 3 is 2.38 bits per heavy atom. The number of anilines is 1. The summed E-state index contributed by atoms with van der Waals surface area (Å²) in [6.07, 6.45) is 0.